The SMILES string of the molecule is Cc1noc(C)c1CN(C)Cc1ncc(Cl)n1C. The van der Waals surface area contributed by atoms with Crippen molar-refractivity contribution in [1.29, 1.82) is 0 Å². The van der Waals surface area contributed by atoms with Crippen LogP contribution in [0.15, 0.2) is 10.7 Å². The van der Waals surface area contributed by atoms with Crippen molar-refractivity contribution in [3.63, 3.8) is 0 Å². The van der Waals surface area contributed by atoms with Crippen LogP contribution in [-0.4, -0.2) is 26.7 Å². The van der Waals surface area contributed by atoms with Crippen LogP contribution >= 0.6 is 11.6 Å². The van der Waals surface area contributed by atoms with E-state index >= 15 is 0 Å². The topological polar surface area (TPSA) is 47.1 Å². The summed E-state index contributed by atoms with van der Waals surface area (Å²) in [7, 11) is 3.95. The van der Waals surface area contributed by atoms with Gasteiger partial charge < -0.3 is 9.09 Å². The first-order chi connectivity index (χ1) is 8.49. The Kier molecular flexibility index (Phi) is 3.73. The van der Waals surface area contributed by atoms with Crippen LogP contribution in [-0.2, 0) is 20.1 Å². The van der Waals surface area contributed by atoms with Crippen molar-refractivity contribution in [2.24, 2.45) is 7.05 Å². The van der Waals surface area contributed by atoms with Gasteiger partial charge in [-0.05, 0) is 20.9 Å². The van der Waals surface area contributed by atoms with Crippen LogP contribution in [0.3, 0.4) is 0 Å². The van der Waals surface area contributed by atoms with Gasteiger partial charge in [0.15, 0.2) is 0 Å². The second kappa shape index (κ2) is 5.12. The number of nitrogens with zero attached hydrogens (tertiary/aromatic N) is 4. The van der Waals surface area contributed by atoms with Gasteiger partial charge in [-0.3, -0.25) is 4.90 Å². The fourth-order valence-electron chi connectivity index (χ4n) is 1.87. The molecule has 0 aliphatic carbocycles. The highest BCUT2D eigenvalue weighted by molar-refractivity contribution is 6.29. The zero-order chi connectivity index (χ0) is 13.3. The molecular weight excluding hydrogens is 252 g/mol. The minimum atomic E-state index is 0.649. The molecule has 0 aliphatic heterocycles. The van der Waals surface area contributed by atoms with Crippen molar-refractivity contribution in [3.8, 4) is 0 Å². The molecule has 2 rings (SSSR count). The van der Waals surface area contributed by atoms with Crippen molar-refractivity contribution >= 4 is 11.6 Å². The van der Waals surface area contributed by atoms with Crippen LogP contribution in [0.2, 0.25) is 5.15 Å². The molecule has 18 heavy (non-hydrogen) atoms. The zero-order valence-corrected chi connectivity index (χ0v) is 11.8. The number of halogens is 1. The molecule has 0 atom stereocenters. The lowest BCUT2D eigenvalue weighted by atomic mass is 10.2. The monoisotopic (exact) mass is 268 g/mol. The molecule has 0 amide bonds. The van der Waals surface area contributed by atoms with Gasteiger partial charge in [0, 0.05) is 19.2 Å². The fraction of sp³-hybridized carbons (Fsp3) is 0.500. The number of aryl methyl sites for hydroxylation is 2. The minimum absolute atomic E-state index is 0.649. The van der Waals surface area contributed by atoms with Crippen LogP contribution in [0.25, 0.3) is 0 Å². The molecule has 6 heteroatoms. The Bertz CT molecular complexity index is 527. The Hall–Kier alpha value is -1.33. The van der Waals surface area contributed by atoms with Gasteiger partial charge >= 0.3 is 0 Å². The number of imidazole rings is 1. The van der Waals surface area contributed by atoms with Crippen LogP contribution < -0.4 is 0 Å². The van der Waals surface area contributed by atoms with E-state index in [0.29, 0.717) is 5.15 Å². The molecular formula is C12H17ClN4O. The summed E-state index contributed by atoms with van der Waals surface area (Å²) >= 11 is 5.96. The molecule has 0 N–H and O–H groups in total. The highest BCUT2D eigenvalue weighted by Crippen LogP contribution is 2.16. The molecule has 5 nitrogen and oxygen atoms in total. The molecule has 0 spiro atoms. The molecule has 0 unspecified atom stereocenters. The molecule has 2 aromatic rings. The van der Waals surface area contributed by atoms with Gasteiger partial charge in [-0.1, -0.05) is 16.8 Å². The Morgan fingerprint density at radius 3 is 2.61 bits per heavy atom. The predicted octanol–water partition coefficient (Wildman–Crippen LogP) is 2.31. The summed E-state index contributed by atoms with van der Waals surface area (Å²) in [5.41, 5.74) is 2.08. The number of aromatic nitrogens is 3. The maximum atomic E-state index is 5.96. The van der Waals surface area contributed by atoms with Crippen LogP contribution in [0.5, 0.6) is 0 Å². The maximum Gasteiger partial charge on any atom is 0.138 e. The van der Waals surface area contributed by atoms with Gasteiger partial charge in [-0.25, -0.2) is 4.98 Å². The molecule has 98 valence electrons. The first-order valence-electron chi connectivity index (χ1n) is 5.75. The molecule has 0 fully saturated rings. The van der Waals surface area contributed by atoms with E-state index in [9.17, 15) is 0 Å². The van der Waals surface area contributed by atoms with Crippen LogP contribution in [0.1, 0.15) is 22.8 Å². The normalized spacial score (nSPS) is 11.4. The van der Waals surface area contributed by atoms with Crippen LogP contribution in [0, 0.1) is 13.8 Å². The van der Waals surface area contributed by atoms with Gasteiger partial charge in [0.25, 0.3) is 0 Å². The highest BCUT2D eigenvalue weighted by atomic mass is 35.5. The summed E-state index contributed by atoms with van der Waals surface area (Å²) in [4.78, 5) is 6.44. The second-order valence-electron chi connectivity index (χ2n) is 4.53. The molecule has 0 bridgehead atoms. The lowest BCUT2D eigenvalue weighted by Crippen LogP contribution is -2.20. The fourth-order valence-corrected chi connectivity index (χ4v) is 2.01. The summed E-state index contributed by atoms with van der Waals surface area (Å²) in [6.45, 7) is 5.40. The predicted molar refractivity (Wildman–Crippen MR) is 69.4 cm³/mol. The summed E-state index contributed by atoms with van der Waals surface area (Å²) in [5, 5.41) is 4.60. The quantitative estimate of drug-likeness (QED) is 0.854. The van der Waals surface area contributed by atoms with E-state index in [-0.39, 0.29) is 0 Å². The number of rotatable bonds is 4. The molecule has 0 aliphatic rings. The van der Waals surface area contributed by atoms with Crippen molar-refractivity contribution in [3.05, 3.63) is 34.2 Å². The first kappa shape index (κ1) is 13.1. The van der Waals surface area contributed by atoms with Crippen LogP contribution in [0.4, 0.5) is 0 Å². The first-order valence-corrected chi connectivity index (χ1v) is 6.13. The third-order valence-corrected chi connectivity index (χ3v) is 3.40. The lowest BCUT2D eigenvalue weighted by molar-refractivity contribution is 0.303. The van der Waals surface area contributed by atoms with Gasteiger partial charge in [0.1, 0.15) is 16.7 Å². The molecule has 2 aromatic heterocycles. The smallest absolute Gasteiger partial charge is 0.138 e. The molecule has 2 heterocycles. The van der Waals surface area contributed by atoms with Crippen molar-refractivity contribution in [2.45, 2.75) is 26.9 Å². The van der Waals surface area contributed by atoms with E-state index in [4.69, 9.17) is 16.1 Å². The Morgan fingerprint density at radius 2 is 2.11 bits per heavy atom. The summed E-state index contributed by atoms with van der Waals surface area (Å²) in [6.07, 6.45) is 1.67. The average Bonchev–Trinajstić information content (AvgIpc) is 2.79. The summed E-state index contributed by atoms with van der Waals surface area (Å²) < 4.78 is 7.04. The van der Waals surface area contributed by atoms with E-state index in [2.05, 4.69) is 15.0 Å². The standard InChI is InChI=1S/C12H17ClN4O/c1-8-10(9(2)18-15-8)6-16(3)7-12-14-5-11(13)17(12)4/h5H,6-7H2,1-4H3. The summed E-state index contributed by atoms with van der Waals surface area (Å²) in [5.74, 6) is 1.81. The Labute approximate surface area is 111 Å². The minimum Gasteiger partial charge on any atom is -0.361 e. The highest BCUT2D eigenvalue weighted by Gasteiger charge is 2.13. The van der Waals surface area contributed by atoms with E-state index in [1.807, 2.05) is 32.5 Å². The molecule has 0 radical (unpaired) electrons. The molecule has 0 saturated carbocycles. The Morgan fingerprint density at radius 1 is 1.39 bits per heavy atom. The second-order valence-corrected chi connectivity index (χ2v) is 4.92. The molecule has 0 aromatic carbocycles. The lowest BCUT2D eigenvalue weighted by Gasteiger charge is -2.16. The molecule has 0 saturated heterocycles. The number of hydrogen-bond acceptors (Lipinski definition) is 4. The van der Waals surface area contributed by atoms with Crippen molar-refractivity contribution in [1.82, 2.24) is 19.6 Å². The van der Waals surface area contributed by atoms with E-state index < -0.39 is 0 Å². The van der Waals surface area contributed by atoms with E-state index in [0.717, 1.165) is 35.9 Å². The van der Waals surface area contributed by atoms with E-state index in [1.54, 1.807) is 6.20 Å². The summed E-state index contributed by atoms with van der Waals surface area (Å²) in [6, 6.07) is 0. The number of hydrogen-bond donors (Lipinski definition) is 0. The van der Waals surface area contributed by atoms with Gasteiger partial charge in [-0.2, -0.15) is 0 Å². The van der Waals surface area contributed by atoms with Gasteiger partial charge in [-0.15, -0.1) is 0 Å². The van der Waals surface area contributed by atoms with Crippen molar-refractivity contribution in [2.75, 3.05) is 7.05 Å². The average molecular weight is 269 g/mol. The van der Waals surface area contributed by atoms with Gasteiger partial charge in [0.05, 0.1) is 18.4 Å². The van der Waals surface area contributed by atoms with E-state index in [1.165, 1.54) is 0 Å². The zero-order valence-electron chi connectivity index (χ0n) is 11.1. The third kappa shape index (κ3) is 2.57. The third-order valence-electron chi connectivity index (χ3n) is 3.05. The van der Waals surface area contributed by atoms with Gasteiger partial charge in [0.2, 0.25) is 0 Å². The largest absolute Gasteiger partial charge is 0.361 e. The van der Waals surface area contributed by atoms with Crippen molar-refractivity contribution < 1.29 is 4.52 Å². The maximum absolute atomic E-state index is 5.96. The Balaban J connectivity index is 2.05.